The Labute approximate surface area is 200 Å². The van der Waals surface area contributed by atoms with Gasteiger partial charge in [-0.25, -0.2) is 0 Å². The van der Waals surface area contributed by atoms with Gasteiger partial charge in [0.05, 0.1) is 11.2 Å². The minimum absolute atomic E-state index is 0.176. The number of amides is 1. The SMILES string of the molecule is Cc1nn(C)c2cc(-c3noc(N4CCN(C(=O)c5cc(-c6ccccc6)no5)CC4)n3)ccc12. The van der Waals surface area contributed by atoms with Gasteiger partial charge in [0.25, 0.3) is 5.91 Å². The number of hydrogen-bond donors (Lipinski definition) is 0. The van der Waals surface area contributed by atoms with Crippen LogP contribution in [0.1, 0.15) is 16.2 Å². The molecule has 0 N–H and O–H groups in total. The molecule has 1 fully saturated rings. The van der Waals surface area contributed by atoms with Gasteiger partial charge < -0.3 is 18.8 Å². The second kappa shape index (κ2) is 8.39. The fourth-order valence-electron chi connectivity index (χ4n) is 4.42. The molecule has 2 aromatic carbocycles. The van der Waals surface area contributed by atoms with Crippen LogP contribution in [0.25, 0.3) is 33.5 Å². The maximum Gasteiger partial charge on any atom is 0.324 e. The summed E-state index contributed by atoms with van der Waals surface area (Å²) in [5.41, 5.74) is 4.41. The van der Waals surface area contributed by atoms with Crippen molar-refractivity contribution in [3.05, 3.63) is 66.1 Å². The van der Waals surface area contributed by atoms with Crippen LogP contribution >= 0.6 is 0 Å². The van der Waals surface area contributed by atoms with Gasteiger partial charge in [-0.3, -0.25) is 9.48 Å². The highest BCUT2D eigenvalue weighted by Crippen LogP contribution is 2.26. The van der Waals surface area contributed by atoms with Crippen molar-refractivity contribution >= 4 is 22.8 Å². The van der Waals surface area contributed by atoms with E-state index >= 15 is 0 Å². The van der Waals surface area contributed by atoms with Crippen LogP contribution in [0.3, 0.4) is 0 Å². The van der Waals surface area contributed by atoms with E-state index < -0.39 is 0 Å². The molecule has 10 nitrogen and oxygen atoms in total. The largest absolute Gasteiger partial charge is 0.350 e. The summed E-state index contributed by atoms with van der Waals surface area (Å²) >= 11 is 0. The quantitative estimate of drug-likeness (QED) is 0.393. The Balaban J connectivity index is 1.12. The van der Waals surface area contributed by atoms with Crippen LogP contribution < -0.4 is 4.90 Å². The molecule has 1 aliphatic heterocycles. The minimum Gasteiger partial charge on any atom is -0.350 e. The number of nitrogens with zero attached hydrogens (tertiary/aromatic N) is 7. The number of anilines is 1. The summed E-state index contributed by atoms with van der Waals surface area (Å²) in [6.07, 6.45) is 0. The predicted octanol–water partition coefficient (Wildman–Crippen LogP) is 3.55. The molecule has 0 bridgehead atoms. The van der Waals surface area contributed by atoms with Crippen LogP contribution in [0.2, 0.25) is 0 Å². The van der Waals surface area contributed by atoms with Crippen molar-refractivity contribution in [2.75, 3.05) is 31.1 Å². The molecule has 0 atom stereocenters. The van der Waals surface area contributed by atoms with Crippen molar-refractivity contribution in [3.63, 3.8) is 0 Å². The molecule has 176 valence electrons. The van der Waals surface area contributed by atoms with Crippen molar-refractivity contribution in [1.29, 1.82) is 0 Å². The first kappa shape index (κ1) is 21.1. The Morgan fingerprint density at radius 1 is 0.914 bits per heavy atom. The van der Waals surface area contributed by atoms with Crippen LogP contribution in [0.15, 0.2) is 63.6 Å². The van der Waals surface area contributed by atoms with E-state index in [-0.39, 0.29) is 11.7 Å². The predicted molar refractivity (Wildman–Crippen MR) is 129 cm³/mol. The third-order valence-electron chi connectivity index (χ3n) is 6.34. The molecule has 10 heteroatoms. The number of carbonyl (C=O) groups excluding carboxylic acids is 1. The van der Waals surface area contributed by atoms with Crippen LogP contribution in [-0.4, -0.2) is 62.1 Å². The lowest BCUT2D eigenvalue weighted by Gasteiger charge is -2.32. The Bertz CT molecular complexity index is 1510. The molecule has 0 radical (unpaired) electrons. The Kier molecular flexibility index (Phi) is 5.05. The molecule has 0 unspecified atom stereocenters. The molecule has 0 saturated carbocycles. The van der Waals surface area contributed by atoms with Crippen LogP contribution in [0, 0.1) is 6.92 Å². The summed E-state index contributed by atoms with van der Waals surface area (Å²) in [7, 11) is 1.92. The summed E-state index contributed by atoms with van der Waals surface area (Å²) in [5.74, 6) is 0.581. The number of aromatic nitrogens is 5. The van der Waals surface area contributed by atoms with Gasteiger partial charge in [0.2, 0.25) is 11.6 Å². The number of hydrogen-bond acceptors (Lipinski definition) is 8. The Morgan fingerprint density at radius 2 is 1.71 bits per heavy atom. The minimum atomic E-state index is -0.176. The normalized spacial score (nSPS) is 14.1. The zero-order valence-corrected chi connectivity index (χ0v) is 19.4. The molecule has 5 aromatic rings. The monoisotopic (exact) mass is 469 g/mol. The third-order valence-corrected chi connectivity index (χ3v) is 6.34. The lowest BCUT2D eigenvalue weighted by atomic mass is 10.1. The number of benzene rings is 2. The first-order valence-corrected chi connectivity index (χ1v) is 11.4. The van der Waals surface area contributed by atoms with E-state index in [0.717, 1.165) is 27.7 Å². The van der Waals surface area contributed by atoms with Gasteiger partial charge in [0.1, 0.15) is 5.69 Å². The molecular formula is C25H23N7O3. The van der Waals surface area contributed by atoms with Crippen molar-refractivity contribution in [1.82, 2.24) is 30.0 Å². The topological polar surface area (TPSA) is 106 Å². The second-order valence-corrected chi connectivity index (χ2v) is 8.56. The van der Waals surface area contributed by atoms with E-state index in [9.17, 15) is 4.79 Å². The van der Waals surface area contributed by atoms with Gasteiger partial charge in [0.15, 0.2) is 0 Å². The Hall–Kier alpha value is -4.47. The van der Waals surface area contributed by atoms with E-state index in [4.69, 9.17) is 9.05 Å². The number of fused-ring (bicyclic) bond motifs is 1. The number of piperazine rings is 1. The summed E-state index contributed by atoms with van der Waals surface area (Å²) in [6.45, 7) is 4.17. The summed E-state index contributed by atoms with van der Waals surface area (Å²) in [4.78, 5) is 21.3. The smallest absolute Gasteiger partial charge is 0.324 e. The first-order valence-electron chi connectivity index (χ1n) is 11.4. The van der Waals surface area contributed by atoms with E-state index in [1.54, 1.807) is 11.0 Å². The van der Waals surface area contributed by atoms with Crippen molar-refractivity contribution < 1.29 is 13.8 Å². The zero-order valence-electron chi connectivity index (χ0n) is 19.4. The fourth-order valence-corrected chi connectivity index (χ4v) is 4.42. The van der Waals surface area contributed by atoms with Crippen molar-refractivity contribution in [2.45, 2.75) is 6.92 Å². The molecular weight excluding hydrogens is 446 g/mol. The number of aryl methyl sites for hydroxylation is 2. The average Bonchev–Trinajstić information content (AvgIpc) is 3.64. The van der Waals surface area contributed by atoms with Gasteiger partial charge in [-0.15, -0.1) is 0 Å². The molecule has 0 aliphatic carbocycles. The van der Waals surface area contributed by atoms with Crippen LogP contribution in [0.5, 0.6) is 0 Å². The molecule has 0 spiro atoms. The van der Waals surface area contributed by atoms with E-state index in [0.29, 0.717) is 43.7 Å². The third kappa shape index (κ3) is 3.82. The van der Waals surface area contributed by atoms with Gasteiger partial charge in [-0.2, -0.15) is 10.1 Å². The zero-order chi connectivity index (χ0) is 23.9. The van der Waals surface area contributed by atoms with Crippen LogP contribution in [-0.2, 0) is 7.05 Å². The second-order valence-electron chi connectivity index (χ2n) is 8.56. The molecule has 1 saturated heterocycles. The molecule has 1 amide bonds. The number of carbonyl (C=O) groups is 1. The summed E-state index contributed by atoms with van der Waals surface area (Å²) < 4.78 is 12.7. The van der Waals surface area contributed by atoms with E-state index in [1.807, 2.05) is 72.1 Å². The maximum atomic E-state index is 12.9. The average molecular weight is 470 g/mol. The molecule has 3 aromatic heterocycles. The molecule has 4 heterocycles. The Morgan fingerprint density at radius 3 is 2.51 bits per heavy atom. The van der Waals surface area contributed by atoms with E-state index in [1.165, 1.54) is 0 Å². The first-order chi connectivity index (χ1) is 17.1. The van der Waals surface area contributed by atoms with Gasteiger partial charge in [-0.05, 0) is 13.0 Å². The molecule has 6 rings (SSSR count). The molecule has 1 aliphatic rings. The highest BCUT2D eigenvalue weighted by atomic mass is 16.5. The molecule has 35 heavy (non-hydrogen) atoms. The fraction of sp³-hybridized carbons (Fsp3) is 0.240. The van der Waals surface area contributed by atoms with Gasteiger partial charge in [0, 0.05) is 55.8 Å². The van der Waals surface area contributed by atoms with Gasteiger partial charge >= 0.3 is 6.01 Å². The maximum absolute atomic E-state index is 12.9. The lowest BCUT2D eigenvalue weighted by molar-refractivity contribution is 0.0702. The van der Waals surface area contributed by atoms with E-state index in [2.05, 4.69) is 20.4 Å². The van der Waals surface area contributed by atoms with Crippen molar-refractivity contribution in [2.24, 2.45) is 7.05 Å². The highest BCUT2D eigenvalue weighted by molar-refractivity contribution is 5.92. The summed E-state index contributed by atoms with van der Waals surface area (Å²) in [5, 5.41) is 13.8. The highest BCUT2D eigenvalue weighted by Gasteiger charge is 2.27. The van der Waals surface area contributed by atoms with Crippen LogP contribution in [0.4, 0.5) is 6.01 Å². The van der Waals surface area contributed by atoms with Crippen molar-refractivity contribution in [3.8, 4) is 22.6 Å². The lowest BCUT2D eigenvalue weighted by Crippen LogP contribution is -2.48. The summed E-state index contributed by atoms with van der Waals surface area (Å²) in [6, 6.07) is 17.8. The number of rotatable bonds is 4. The standard InChI is InChI=1S/C25H23N7O3/c1-16-19-9-8-18(14-21(19)30(2)27-16)23-26-25(35-29-23)32-12-10-31(11-13-32)24(33)22-15-20(28-34-22)17-6-4-3-5-7-17/h3-9,14-15H,10-13H2,1-2H3. The van der Waals surface area contributed by atoms with Gasteiger partial charge in [-0.1, -0.05) is 52.8 Å².